The van der Waals surface area contributed by atoms with Crippen LogP contribution in [-0.4, -0.2) is 18.4 Å². The van der Waals surface area contributed by atoms with E-state index in [9.17, 15) is 9.59 Å². The average Bonchev–Trinajstić information content (AvgIpc) is 2.91. The van der Waals surface area contributed by atoms with Crippen molar-refractivity contribution in [3.63, 3.8) is 0 Å². The van der Waals surface area contributed by atoms with Gasteiger partial charge in [-0.15, -0.1) is 0 Å². The fraction of sp³-hybridized carbons (Fsp3) is 0.263. The van der Waals surface area contributed by atoms with Crippen LogP contribution in [-0.2, 0) is 9.59 Å². The molecule has 0 bridgehead atoms. The molecule has 1 N–H and O–H groups in total. The van der Waals surface area contributed by atoms with Crippen LogP contribution in [0.3, 0.4) is 0 Å². The van der Waals surface area contributed by atoms with Gasteiger partial charge in [0.15, 0.2) is 0 Å². The Bertz CT molecular complexity index is 766. The second kappa shape index (κ2) is 6.77. The first-order valence-corrected chi connectivity index (χ1v) is 8.68. The number of benzene rings is 2. The van der Waals surface area contributed by atoms with Gasteiger partial charge in [-0.3, -0.25) is 9.59 Å². The molecule has 3 rings (SSSR count). The molecule has 1 atom stereocenters. The van der Waals surface area contributed by atoms with Crippen LogP contribution in [0.5, 0.6) is 0 Å². The Morgan fingerprint density at radius 3 is 2.38 bits per heavy atom. The van der Waals surface area contributed by atoms with Crippen molar-refractivity contribution in [1.29, 1.82) is 0 Å². The van der Waals surface area contributed by atoms with Crippen LogP contribution >= 0.6 is 15.9 Å². The molecule has 24 heavy (non-hydrogen) atoms. The Morgan fingerprint density at radius 1 is 1.12 bits per heavy atom. The summed E-state index contributed by atoms with van der Waals surface area (Å²) < 4.78 is 0.956. The van der Waals surface area contributed by atoms with Crippen molar-refractivity contribution in [2.45, 2.75) is 20.3 Å². The van der Waals surface area contributed by atoms with Gasteiger partial charge in [-0.2, -0.15) is 0 Å². The fourth-order valence-corrected chi connectivity index (χ4v) is 3.37. The van der Waals surface area contributed by atoms with Crippen molar-refractivity contribution in [2.75, 3.05) is 16.8 Å². The molecule has 1 saturated heterocycles. The fourth-order valence-electron chi connectivity index (χ4n) is 3.11. The molecule has 1 aliphatic rings. The van der Waals surface area contributed by atoms with Gasteiger partial charge in [-0.05, 0) is 49.2 Å². The summed E-state index contributed by atoms with van der Waals surface area (Å²) in [6.07, 6.45) is 0.246. The molecular weight excluding hydrogens is 368 g/mol. The van der Waals surface area contributed by atoms with Gasteiger partial charge >= 0.3 is 0 Å². The van der Waals surface area contributed by atoms with Gasteiger partial charge in [0.25, 0.3) is 0 Å². The molecular formula is C19H19BrN2O2. The van der Waals surface area contributed by atoms with Crippen molar-refractivity contribution in [3.8, 4) is 0 Å². The molecule has 1 heterocycles. The van der Waals surface area contributed by atoms with Crippen LogP contribution in [0.25, 0.3) is 0 Å². The first-order valence-electron chi connectivity index (χ1n) is 7.88. The van der Waals surface area contributed by atoms with Crippen LogP contribution in [0, 0.1) is 19.8 Å². The molecule has 2 amide bonds. The van der Waals surface area contributed by atoms with Crippen LogP contribution < -0.4 is 10.2 Å². The van der Waals surface area contributed by atoms with E-state index in [1.54, 1.807) is 4.90 Å². The van der Waals surface area contributed by atoms with E-state index in [4.69, 9.17) is 0 Å². The molecule has 124 valence electrons. The van der Waals surface area contributed by atoms with Crippen LogP contribution in [0.4, 0.5) is 11.4 Å². The van der Waals surface area contributed by atoms with Crippen molar-refractivity contribution in [3.05, 3.63) is 58.1 Å². The van der Waals surface area contributed by atoms with E-state index in [1.165, 1.54) is 0 Å². The standard InChI is InChI=1S/C19H19BrN2O2/c1-12-4-3-5-13(2)18(12)22-11-14(10-17(22)23)19(24)21-16-8-6-15(20)7-9-16/h3-9,14H,10-11H2,1-2H3,(H,21,24). The quantitative estimate of drug-likeness (QED) is 0.864. The van der Waals surface area contributed by atoms with Gasteiger partial charge in [0, 0.05) is 28.8 Å². The number of amides is 2. The van der Waals surface area contributed by atoms with E-state index >= 15 is 0 Å². The SMILES string of the molecule is Cc1cccc(C)c1N1CC(C(=O)Nc2ccc(Br)cc2)CC1=O. The minimum atomic E-state index is -0.333. The maximum atomic E-state index is 12.5. The molecule has 2 aromatic rings. The number of carbonyl (C=O) groups is 2. The highest BCUT2D eigenvalue weighted by atomic mass is 79.9. The number of hydrogen-bond donors (Lipinski definition) is 1. The highest BCUT2D eigenvalue weighted by molar-refractivity contribution is 9.10. The Kier molecular flexibility index (Phi) is 4.71. The second-order valence-corrected chi connectivity index (χ2v) is 7.06. The van der Waals surface area contributed by atoms with E-state index in [-0.39, 0.29) is 24.2 Å². The van der Waals surface area contributed by atoms with Crippen molar-refractivity contribution < 1.29 is 9.59 Å². The summed E-state index contributed by atoms with van der Waals surface area (Å²) >= 11 is 3.37. The first kappa shape index (κ1) is 16.7. The van der Waals surface area contributed by atoms with Crippen molar-refractivity contribution in [2.24, 2.45) is 5.92 Å². The molecule has 2 aromatic carbocycles. The average molecular weight is 387 g/mol. The molecule has 1 unspecified atom stereocenters. The minimum absolute atomic E-state index is 0.00311. The van der Waals surface area contributed by atoms with Crippen LogP contribution in [0.1, 0.15) is 17.5 Å². The highest BCUT2D eigenvalue weighted by Gasteiger charge is 2.36. The summed E-state index contributed by atoms with van der Waals surface area (Å²) in [4.78, 5) is 26.7. The number of rotatable bonds is 3. The number of halogens is 1. The van der Waals surface area contributed by atoms with Gasteiger partial charge in [-0.25, -0.2) is 0 Å². The predicted octanol–water partition coefficient (Wildman–Crippen LogP) is 4.06. The smallest absolute Gasteiger partial charge is 0.229 e. The Labute approximate surface area is 150 Å². The lowest BCUT2D eigenvalue weighted by atomic mass is 10.1. The number of aryl methyl sites for hydroxylation is 2. The molecule has 1 aliphatic heterocycles. The van der Waals surface area contributed by atoms with Gasteiger partial charge in [0.2, 0.25) is 11.8 Å². The lowest BCUT2D eigenvalue weighted by Crippen LogP contribution is -2.29. The summed E-state index contributed by atoms with van der Waals surface area (Å²) in [5.41, 5.74) is 3.78. The third-order valence-corrected chi connectivity index (χ3v) is 4.85. The maximum absolute atomic E-state index is 12.5. The third-order valence-electron chi connectivity index (χ3n) is 4.32. The molecule has 0 aliphatic carbocycles. The van der Waals surface area contributed by atoms with Crippen LogP contribution in [0.15, 0.2) is 46.9 Å². The summed E-state index contributed by atoms with van der Waals surface area (Å²) in [6, 6.07) is 13.4. The van der Waals surface area contributed by atoms with Crippen LogP contribution in [0.2, 0.25) is 0 Å². The number of anilines is 2. The van der Waals surface area contributed by atoms with Gasteiger partial charge in [0.1, 0.15) is 0 Å². The zero-order valence-electron chi connectivity index (χ0n) is 13.7. The highest BCUT2D eigenvalue weighted by Crippen LogP contribution is 2.31. The Morgan fingerprint density at radius 2 is 1.75 bits per heavy atom. The summed E-state index contributed by atoms with van der Waals surface area (Å²) in [5.74, 6) is -0.442. The lowest BCUT2D eigenvalue weighted by molar-refractivity contribution is -0.122. The normalized spacial score (nSPS) is 17.2. The third kappa shape index (κ3) is 3.36. The topological polar surface area (TPSA) is 49.4 Å². The van der Waals surface area contributed by atoms with Gasteiger partial charge in [0.05, 0.1) is 5.92 Å². The zero-order valence-corrected chi connectivity index (χ0v) is 15.3. The van der Waals surface area contributed by atoms with E-state index in [0.29, 0.717) is 6.54 Å². The Balaban J connectivity index is 1.74. The summed E-state index contributed by atoms with van der Waals surface area (Å²) in [7, 11) is 0. The summed E-state index contributed by atoms with van der Waals surface area (Å²) in [5, 5.41) is 2.89. The number of nitrogens with one attached hydrogen (secondary N) is 1. The number of nitrogens with zero attached hydrogens (tertiary/aromatic N) is 1. The number of para-hydroxylation sites is 1. The molecule has 0 radical (unpaired) electrons. The largest absolute Gasteiger partial charge is 0.326 e. The van der Waals surface area contributed by atoms with Gasteiger partial charge < -0.3 is 10.2 Å². The number of carbonyl (C=O) groups excluding carboxylic acids is 2. The lowest BCUT2D eigenvalue weighted by Gasteiger charge is -2.21. The molecule has 0 saturated carbocycles. The number of hydrogen-bond acceptors (Lipinski definition) is 2. The van der Waals surface area contributed by atoms with E-state index < -0.39 is 0 Å². The van der Waals surface area contributed by atoms with E-state index in [2.05, 4.69) is 21.2 Å². The van der Waals surface area contributed by atoms with Crippen molar-refractivity contribution >= 4 is 39.1 Å². The predicted molar refractivity (Wildman–Crippen MR) is 99.1 cm³/mol. The maximum Gasteiger partial charge on any atom is 0.229 e. The molecule has 0 aromatic heterocycles. The van der Waals surface area contributed by atoms with Crippen molar-refractivity contribution in [1.82, 2.24) is 0 Å². The van der Waals surface area contributed by atoms with E-state index in [0.717, 1.165) is 27.0 Å². The Hall–Kier alpha value is -2.14. The second-order valence-electron chi connectivity index (χ2n) is 6.14. The molecule has 4 nitrogen and oxygen atoms in total. The summed E-state index contributed by atoms with van der Waals surface area (Å²) in [6.45, 7) is 4.41. The van der Waals surface area contributed by atoms with Gasteiger partial charge in [-0.1, -0.05) is 34.1 Å². The monoisotopic (exact) mass is 386 g/mol. The zero-order chi connectivity index (χ0) is 17.3. The minimum Gasteiger partial charge on any atom is -0.326 e. The molecule has 0 spiro atoms. The first-order chi connectivity index (χ1) is 11.5. The molecule has 1 fully saturated rings. The van der Waals surface area contributed by atoms with E-state index in [1.807, 2.05) is 56.3 Å². The molecule has 5 heteroatoms.